The SMILES string of the molecule is CC(NC(=O)C1CSC2(C)CCC(=O)N12)c1ccc(C#N)cc1. The number of hydrogen-bond donors (Lipinski definition) is 1. The standard InChI is InChI=1S/C17H19N3O2S/c1-11(13-5-3-12(9-18)4-6-13)19-16(22)14-10-23-17(2)8-7-15(21)20(14)17/h3-6,11,14H,7-8,10H2,1-2H3,(H,19,22). The lowest BCUT2D eigenvalue weighted by molar-refractivity contribution is -0.138. The van der Waals surface area contributed by atoms with Crippen LogP contribution in [0.15, 0.2) is 24.3 Å². The van der Waals surface area contributed by atoms with Gasteiger partial charge in [0, 0.05) is 12.2 Å². The number of amides is 2. The highest BCUT2D eigenvalue weighted by Crippen LogP contribution is 2.47. The smallest absolute Gasteiger partial charge is 0.244 e. The molecule has 0 bridgehead atoms. The van der Waals surface area contributed by atoms with E-state index < -0.39 is 0 Å². The molecule has 1 aromatic rings. The van der Waals surface area contributed by atoms with Gasteiger partial charge in [-0.1, -0.05) is 12.1 Å². The van der Waals surface area contributed by atoms with Crippen molar-refractivity contribution in [3.63, 3.8) is 0 Å². The molecule has 3 unspecified atom stereocenters. The molecule has 0 saturated carbocycles. The number of fused-ring (bicyclic) bond motifs is 1. The molecule has 2 aliphatic heterocycles. The van der Waals surface area contributed by atoms with Crippen LogP contribution in [0.1, 0.15) is 43.9 Å². The molecule has 3 atom stereocenters. The summed E-state index contributed by atoms with van der Waals surface area (Å²) in [4.78, 5) is 26.3. The van der Waals surface area contributed by atoms with Crippen LogP contribution in [0.3, 0.4) is 0 Å². The van der Waals surface area contributed by atoms with Crippen LogP contribution in [0.5, 0.6) is 0 Å². The minimum Gasteiger partial charge on any atom is -0.348 e. The van der Waals surface area contributed by atoms with Gasteiger partial charge in [-0.05, 0) is 38.0 Å². The summed E-state index contributed by atoms with van der Waals surface area (Å²) < 4.78 is 0. The largest absolute Gasteiger partial charge is 0.348 e. The van der Waals surface area contributed by atoms with Crippen molar-refractivity contribution in [1.29, 1.82) is 5.26 Å². The van der Waals surface area contributed by atoms with Crippen molar-refractivity contribution in [2.24, 2.45) is 0 Å². The zero-order valence-electron chi connectivity index (χ0n) is 13.2. The van der Waals surface area contributed by atoms with Gasteiger partial charge in [-0.3, -0.25) is 9.59 Å². The van der Waals surface area contributed by atoms with E-state index in [1.54, 1.807) is 28.8 Å². The number of hydrogen-bond acceptors (Lipinski definition) is 4. The number of nitriles is 1. The molecular weight excluding hydrogens is 310 g/mol. The molecule has 1 N–H and O–H groups in total. The molecule has 0 spiro atoms. The molecule has 1 aromatic carbocycles. The molecule has 120 valence electrons. The van der Waals surface area contributed by atoms with E-state index in [9.17, 15) is 9.59 Å². The Bertz CT molecular complexity index is 682. The van der Waals surface area contributed by atoms with Crippen molar-refractivity contribution in [2.75, 3.05) is 5.75 Å². The Labute approximate surface area is 140 Å². The molecular formula is C17H19N3O2S. The van der Waals surface area contributed by atoms with Crippen molar-refractivity contribution in [3.05, 3.63) is 35.4 Å². The van der Waals surface area contributed by atoms with Gasteiger partial charge in [-0.15, -0.1) is 11.8 Å². The van der Waals surface area contributed by atoms with Crippen LogP contribution in [0.4, 0.5) is 0 Å². The van der Waals surface area contributed by atoms with Gasteiger partial charge in [0.25, 0.3) is 0 Å². The number of rotatable bonds is 3. The summed E-state index contributed by atoms with van der Waals surface area (Å²) in [5, 5.41) is 11.8. The van der Waals surface area contributed by atoms with Crippen molar-refractivity contribution in [2.45, 2.75) is 43.6 Å². The highest BCUT2D eigenvalue weighted by Gasteiger charge is 2.52. The molecule has 2 amide bonds. The predicted molar refractivity (Wildman–Crippen MR) is 88.4 cm³/mol. The number of nitrogens with zero attached hydrogens (tertiary/aromatic N) is 2. The first kappa shape index (κ1) is 15.9. The number of carbonyl (C=O) groups excluding carboxylic acids is 2. The minimum absolute atomic E-state index is 0.0728. The molecule has 2 saturated heterocycles. The first-order valence-corrected chi connectivity index (χ1v) is 8.70. The molecule has 2 fully saturated rings. The lowest BCUT2D eigenvalue weighted by atomic mass is 10.1. The molecule has 0 aromatic heterocycles. The Balaban J connectivity index is 1.69. The van der Waals surface area contributed by atoms with Crippen LogP contribution in [0.2, 0.25) is 0 Å². The lowest BCUT2D eigenvalue weighted by Crippen LogP contribution is -2.50. The monoisotopic (exact) mass is 329 g/mol. The molecule has 5 nitrogen and oxygen atoms in total. The van der Waals surface area contributed by atoms with E-state index in [2.05, 4.69) is 11.4 Å². The number of thioether (sulfide) groups is 1. The second kappa shape index (κ2) is 5.89. The average molecular weight is 329 g/mol. The normalized spacial score (nSPS) is 27.4. The minimum atomic E-state index is -0.388. The Morgan fingerprint density at radius 3 is 2.83 bits per heavy atom. The first-order valence-electron chi connectivity index (χ1n) is 7.71. The molecule has 2 heterocycles. The van der Waals surface area contributed by atoms with Crippen molar-refractivity contribution in [1.82, 2.24) is 10.2 Å². The third-order valence-electron chi connectivity index (χ3n) is 4.65. The third kappa shape index (κ3) is 2.81. The zero-order valence-corrected chi connectivity index (χ0v) is 14.0. The summed E-state index contributed by atoms with van der Waals surface area (Å²) in [6.45, 7) is 3.95. The Hall–Kier alpha value is -2.00. The summed E-state index contributed by atoms with van der Waals surface area (Å²) in [6, 6.07) is 8.70. The second-order valence-corrected chi connectivity index (χ2v) is 7.73. The van der Waals surface area contributed by atoms with E-state index in [4.69, 9.17) is 5.26 Å². The molecule has 6 heteroatoms. The zero-order chi connectivity index (χ0) is 16.6. The fraction of sp³-hybridized carbons (Fsp3) is 0.471. The van der Waals surface area contributed by atoms with Gasteiger partial charge in [0.15, 0.2) is 0 Å². The fourth-order valence-corrected chi connectivity index (χ4v) is 4.69. The maximum atomic E-state index is 12.6. The Morgan fingerprint density at radius 1 is 1.48 bits per heavy atom. The van der Waals surface area contributed by atoms with E-state index in [0.29, 0.717) is 17.7 Å². The Morgan fingerprint density at radius 2 is 2.17 bits per heavy atom. The van der Waals surface area contributed by atoms with Crippen LogP contribution >= 0.6 is 11.8 Å². The van der Waals surface area contributed by atoms with Gasteiger partial charge in [-0.2, -0.15) is 5.26 Å². The van der Waals surface area contributed by atoms with Crippen molar-refractivity contribution in [3.8, 4) is 6.07 Å². The molecule has 0 aliphatic carbocycles. The van der Waals surface area contributed by atoms with Gasteiger partial charge >= 0.3 is 0 Å². The highest BCUT2D eigenvalue weighted by atomic mass is 32.2. The maximum Gasteiger partial charge on any atom is 0.244 e. The van der Waals surface area contributed by atoms with Crippen LogP contribution in [0.25, 0.3) is 0 Å². The third-order valence-corrected chi connectivity index (χ3v) is 6.15. The van der Waals surface area contributed by atoms with Crippen LogP contribution in [-0.2, 0) is 9.59 Å². The van der Waals surface area contributed by atoms with Gasteiger partial charge in [0.2, 0.25) is 11.8 Å². The van der Waals surface area contributed by atoms with Gasteiger partial charge in [-0.25, -0.2) is 0 Å². The first-order chi connectivity index (χ1) is 10.9. The summed E-state index contributed by atoms with van der Waals surface area (Å²) in [6.07, 6.45) is 1.34. The Kier molecular flexibility index (Phi) is 4.07. The maximum absolute atomic E-state index is 12.6. The van der Waals surface area contributed by atoms with Crippen LogP contribution in [0, 0.1) is 11.3 Å². The van der Waals surface area contributed by atoms with E-state index in [1.807, 2.05) is 26.0 Å². The lowest BCUT2D eigenvalue weighted by Gasteiger charge is -2.30. The summed E-state index contributed by atoms with van der Waals surface area (Å²) in [5.41, 5.74) is 1.54. The number of benzene rings is 1. The van der Waals surface area contributed by atoms with Crippen molar-refractivity contribution < 1.29 is 9.59 Å². The second-order valence-electron chi connectivity index (χ2n) is 6.23. The summed E-state index contributed by atoms with van der Waals surface area (Å²) in [7, 11) is 0. The topological polar surface area (TPSA) is 73.2 Å². The van der Waals surface area contributed by atoms with E-state index >= 15 is 0 Å². The molecule has 2 aliphatic rings. The quantitative estimate of drug-likeness (QED) is 0.922. The van der Waals surface area contributed by atoms with E-state index in [-0.39, 0.29) is 28.8 Å². The highest BCUT2D eigenvalue weighted by molar-refractivity contribution is 8.01. The fourth-order valence-electron chi connectivity index (χ4n) is 3.25. The van der Waals surface area contributed by atoms with Gasteiger partial charge in [0.1, 0.15) is 6.04 Å². The van der Waals surface area contributed by atoms with Crippen LogP contribution in [-0.4, -0.2) is 33.4 Å². The van der Waals surface area contributed by atoms with E-state index in [1.165, 1.54) is 0 Å². The predicted octanol–water partition coefficient (Wildman–Crippen LogP) is 2.19. The summed E-state index contributed by atoms with van der Waals surface area (Å²) >= 11 is 1.69. The summed E-state index contributed by atoms with van der Waals surface area (Å²) in [5.74, 6) is 0.616. The number of nitrogens with one attached hydrogen (secondary N) is 1. The molecule has 0 radical (unpaired) electrons. The average Bonchev–Trinajstić information content (AvgIpc) is 3.04. The van der Waals surface area contributed by atoms with E-state index in [0.717, 1.165) is 12.0 Å². The number of carbonyl (C=O) groups is 2. The molecule has 23 heavy (non-hydrogen) atoms. The van der Waals surface area contributed by atoms with Gasteiger partial charge < -0.3 is 10.2 Å². The van der Waals surface area contributed by atoms with Gasteiger partial charge in [0.05, 0.1) is 22.5 Å². The van der Waals surface area contributed by atoms with Crippen LogP contribution < -0.4 is 5.32 Å². The molecule has 3 rings (SSSR count). The van der Waals surface area contributed by atoms with Crippen molar-refractivity contribution >= 4 is 23.6 Å².